The first-order chi connectivity index (χ1) is 8.15. The molecule has 1 aromatic rings. The van der Waals surface area contributed by atoms with Gasteiger partial charge in [-0.25, -0.2) is 9.97 Å². The predicted octanol–water partition coefficient (Wildman–Crippen LogP) is 1.70. The van der Waals surface area contributed by atoms with Crippen molar-refractivity contribution in [2.75, 3.05) is 5.32 Å². The second-order valence-corrected chi connectivity index (χ2v) is 5.13. The second-order valence-electron chi connectivity index (χ2n) is 4.32. The highest BCUT2D eigenvalue weighted by molar-refractivity contribution is 9.10. The van der Waals surface area contributed by atoms with Crippen LogP contribution < -0.4 is 11.1 Å². The topological polar surface area (TPSA) is 80.9 Å². The number of anilines is 1. The van der Waals surface area contributed by atoms with Gasteiger partial charge in [0.1, 0.15) is 16.7 Å². The van der Waals surface area contributed by atoms with E-state index >= 15 is 0 Å². The van der Waals surface area contributed by atoms with E-state index in [0.29, 0.717) is 6.04 Å². The minimum Gasteiger partial charge on any atom is -0.369 e. The molecule has 1 aliphatic rings. The van der Waals surface area contributed by atoms with Crippen LogP contribution in [0.3, 0.4) is 0 Å². The zero-order chi connectivity index (χ0) is 12.3. The van der Waals surface area contributed by atoms with E-state index in [1.54, 1.807) is 0 Å². The molecule has 0 aromatic carbocycles. The van der Waals surface area contributed by atoms with Crippen molar-refractivity contribution in [3.8, 4) is 0 Å². The van der Waals surface area contributed by atoms with Crippen LogP contribution in [0.4, 0.5) is 5.82 Å². The maximum atomic E-state index is 11.0. The van der Waals surface area contributed by atoms with Crippen LogP contribution in [0.15, 0.2) is 17.0 Å². The molecule has 1 amide bonds. The molecule has 0 bridgehead atoms. The van der Waals surface area contributed by atoms with Crippen LogP contribution >= 0.6 is 15.9 Å². The quantitative estimate of drug-likeness (QED) is 0.832. The number of nitrogens with one attached hydrogen (secondary N) is 1. The zero-order valence-electron chi connectivity index (χ0n) is 9.40. The van der Waals surface area contributed by atoms with E-state index < -0.39 is 0 Å². The Morgan fingerprint density at radius 2 is 2.06 bits per heavy atom. The molecule has 17 heavy (non-hydrogen) atoms. The first-order valence-electron chi connectivity index (χ1n) is 5.68. The Morgan fingerprint density at radius 3 is 2.65 bits per heavy atom. The normalized spacial score (nSPS) is 24.3. The molecular formula is C11H15BrN4O. The van der Waals surface area contributed by atoms with E-state index in [2.05, 4.69) is 31.2 Å². The molecule has 2 rings (SSSR count). The van der Waals surface area contributed by atoms with Crippen molar-refractivity contribution < 1.29 is 4.79 Å². The molecule has 1 saturated carbocycles. The molecule has 1 aliphatic carbocycles. The number of hydrogen-bond acceptors (Lipinski definition) is 4. The number of hydrogen-bond donors (Lipinski definition) is 2. The monoisotopic (exact) mass is 298 g/mol. The van der Waals surface area contributed by atoms with Gasteiger partial charge in [-0.2, -0.15) is 0 Å². The van der Waals surface area contributed by atoms with Gasteiger partial charge in [-0.15, -0.1) is 0 Å². The minimum absolute atomic E-state index is 0.0465. The van der Waals surface area contributed by atoms with Crippen molar-refractivity contribution in [2.45, 2.75) is 31.7 Å². The summed E-state index contributed by atoms with van der Waals surface area (Å²) < 4.78 is 0.765. The van der Waals surface area contributed by atoms with E-state index in [1.165, 1.54) is 6.33 Å². The lowest BCUT2D eigenvalue weighted by molar-refractivity contribution is -0.122. The van der Waals surface area contributed by atoms with Crippen LogP contribution in [-0.4, -0.2) is 21.9 Å². The minimum atomic E-state index is -0.173. The van der Waals surface area contributed by atoms with Gasteiger partial charge in [-0.1, -0.05) is 0 Å². The number of nitrogens with two attached hydrogens (primary N) is 1. The Hall–Kier alpha value is -1.17. The van der Waals surface area contributed by atoms with Crippen molar-refractivity contribution in [2.24, 2.45) is 11.7 Å². The van der Waals surface area contributed by atoms with Crippen LogP contribution in [0.5, 0.6) is 0 Å². The van der Waals surface area contributed by atoms with Crippen molar-refractivity contribution in [3.63, 3.8) is 0 Å². The Balaban J connectivity index is 1.88. The lowest BCUT2D eigenvalue weighted by Gasteiger charge is -2.27. The van der Waals surface area contributed by atoms with Gasteiger partial charge in [0.05, 0.1) is 0 Å². The molecule has 6 heteroatoms. The maximum Gasteiger partial charge on any atom is 0.220 e. The van der Waals surface area contributed by atoms with Crippen molar-refractivity contribution in [1.29, 1.82) is 0 Å². The van der Waals surface area contributed by atoms with E-state index in [1.807, 2.05) is 6.07 Å². The number of nitrogens with zero attached hydrogens (tertiary/aromatic N) is 2. The fraction of sp³-hybridized carbons (Fsp3) is 0.545. The average Bonchev–Trinajstić information content (AvgIpc) is 2.29. The number of primary amides is 1. The van der Waals surface area contributed by atoms with E-state index in [0.717, 1.165) is 36.1 Å². The van der Waals surface area contributed by atoms with Gasteiger partial charge in [0.15, 0.2) is 0 Å². The summed E-state index contributed by atoms with van der Waals surface area (Å²) in [5.74, 6) is 0.688. The number of carbonyl (C=O) groups excluding carboxylic acids is 1. The summed E-state index contributed by atoms with van der Waals surface area (Å²) in [5.41, 5.74) is 5.30. The Kier molecular flexibility index (Phi) is 3.93. The number of carbonyl (C=O) groups is 1. The summed E-state index contributed by atoms with van der Waals surface area (Å²) in [6.07, 6.45) is 5.14. The summed E-state index contributed by atoms with van der Waals surface area (Å²) in [6.45, 7) is 0. The van der Waals surface area contributed by atoms with Gasteiger partial charge in [0.25, 0.3) is 0 Å². The lowest BCUT2D eigenvalue weighted by atomic mass is 9.85. The molecule has 1 fully saturated rings. The first kappa shape index (κ1) is 12.3. The summed E-state index contributed by atoms with van der Waals surface area (Å²) in [7, 11) is 0. The third-order valence-corrected chi connectivity index (χ3v) is 3.55. The maximum absolute atomic E-state index is 11.0. The molecule has 92 valence electrons. The molecule has 1 aromatic heterocycles. The number of amides is 1. The number of aromatic nitrogens is 2. The molecule has 5 nitrogen and oxygen atoms in total. The zero-order valence-corrected chi connectivity index (χ0v) is 11.0. The van der Waals surface area contributed by atoms with Crippen LogP contribution in [0.2, 0.25) is 0 Å². The molecule has 0 spiro atoms. The van der Waals surface area contributed by atoms with Gasteiger partial charge in [-0.05, 0) is 41.6 Å². The third kappa shape index (κ3) is 3.39. The van der Waals surface area contributed by atoms with Gasteiger partial charge in [-0.3, -0.25) is 4.79 Å². The fourth-order valence-electron chi connectivity index (χ4n) is 2.14. The Morgan fingerprint density at radius 1 is 1.35 bits per heavy atom. The van der Waals surface area contributed by atoms with Crippen molar-refractivity contribution >= 4 is 27.7 Å². The molecule has 0 radical (unpaired) electrons. The molecule has 1 heterocycles. The second kappa shape index (κ2) is 5.44. The standard InChI is InChI=1S/C11H15BrN4O/c12-9-5-10(15-6-14-9)16-8-3-1-7(2-4-8)11(13)17/h5-8H,1-4H2,(H2,13,17)(H,14,15,16). The van der Waals surface area contributed by atoms with Crippen molar-refractivity contribution in [3.05, 3.63) is 17.0 Å². The van der Waals surface area contributed by atoms with Gasteiger partial charge >= 0.3 is 0 Å². The van der Waals surface area contributed by atoms with Crippen LogP contribution in [0.1, 0.15) is 25.7 Å². The smallest absolute Gasteiger partial charge is 0.220 e. The predicted molar refractivity (Wildman–Crippen MR) is 68.3 cm³/mol. The molecule has 0 aliphatic heterocycles. The summed E-state index contributed by atoms with van der Waals surface area (Å²) >= 11 is 3.30. The highest BCUT2D eigenvalue weighted by Crippen LogP contribution is 2.26. The van der Waals surface area contributed by atoms with E-state index in [-0.39, 0.29) is 11.8 Å². The molecule has 3 N–H and O–H groups in total. The highest BCUT2D eigenvalue weighted by atomic mass is 79.9. The van der Waals surface area contributed by atoms with Crippen LogP contribution in [0.25, 0.3) is 0 Å². The van der Waals surface area contributed by atoms with Gasteiger partial charge in [0, 0.05) is 18.0 Å². The average molecular weight is 299 g/mol. The van der Waals surface area contributed by atoms with Gasteiger partial charge in [0.2, 0.25) is 5.91 Å². The molecule has 0 saturated heterocycles. The van der Waals surface area contributed by atoms with Crippen LogP contribution in [0, 0.1) is 5.92 Å². The number of halogens is 1. The molecule has 0 atom stereocenters. The summed E-state index contributed by atoms with van der Waals surface area (Å²) in [5, 5.41) is 3.35. The fourth-order valence-corrected chi connectivity index (χ4v) is 2.45. The Labute approximate surface area is 108 Å². The largest absolute Gasteiger partial charge is 0.369 e. The highest BCUT2D eigenvalue weighted by Gasteiger charge is 2.24. The summed E-state index contributed by atoms with van der Waals surface area (Å²) in [4.78, 5) is 19.2. The first-order valence-corrected chi connectivity index (χ1v) is 6.48. The molecule has 0 unspecified atom stereocenters. The SMILES string of the molecule is NC(=O)C1CCC(Nc2cc(Br)ncn2)CC1. The van der Waals surface area contributed by atoms with Crippen molar-refractivity contribution in [1.82, 2.24) is 9.97 Å². The third-order valence-electron chi connectivity index (χ3n) is 3.12. The lowest BCUT2D eigenvalue weighted by Crippen LogP contribution is -2.32. The van der Waals surface area contributed by atoms with E-state index in [9.17, 15) is 4.79 Å². The molecular weight excluding hydrogens is 284 g/mol. The Bertz CT molecular complexity index is 404. The van der Waals surface area contributed by atoms with Crippen LogP contribution in [-0.2, 0) is 4.79 Å². The van der Waals surface area contributed by atoms with Gasteiger partial charge < -0.3 is 11.1 Å². The number of rotatable bonds is 3. The summed E-state index contributed by atoms with van der Waals surface area (Å²) in [6, 6.07) is 2.22. The van der Waals surface area contributed by atoms with E-state index in [4.69, 9.17) is 5.73 Å².